The van der Waals surface area contributed by atoms with Crippen LogP contribution in [0.4, 0.5) is 0 Å². The van der Waals surface area contributed by atoms with Crippen molar-refractivity contribution in [2.45, 2.75) is 17.6 Å². The molecule has 5 nitrogen and oxygen atoms in total. The van der Waals surface area contributed by atoms with Crippen LogP contribution in [0, 0.1) is 18.3 Å². The Balaban J connectivity index is 2.08. The van der Waals surface area contributed by atoms with Crippen molar-refractivity contribution in [3.8, 4) is 6.07 Å². The van der Waals surface area contributed by atoms with E-state index in [2.05, 4.69) is 5.16 Å². The number of esters is 1. The van der Waals surface area contributed by atoms with Crippen LogP contribution in [-0.2, 0) is 10.5 Å². The lowest BCUT2D eigenvalue weighted by Gasteiger charge is -2.06. The van der Waals surface area contributed by atoms with E-state index < -0.39 is 5.97 Å². The predicted octanol–water partition coefficient (Wildman–Crippen LogP) is 2.96. The Hall–Kier alpha value is -2.26. The van der Waals surface area contributed by atoms with Gasteiger partial charge in [-0.15, -0.1) is 11.8 Å². The molecule has 0 radical (unpaired) electrons. The van der Waals surface area contributed by atoms with E-state index in [1.54, 1.807) is 18.2 Å². The van der Waals surface area contributed by atoms with E-state index in [4.69, 9.17) is 14.5 Å². The van der Waals surface area contributed by atoms with Crippen molar-refractivity contribution >= 4 is 17.7 Å². The van der Waals surface area contributed by atoms with Gasteiger partial charge in [-0.1, -0.05) is 17.3 Å². The Morgan fingerprint density at radius 1 is 1.50 bits per heavy atom. The van der Waals surface area contributed by atoms with Gasteiger partial charge >= 0.3 is 5.97 Å². The van der Waals surface area contributed by atoms with E-state index in [0.29, 0.717) is 11.3 Å². The van der Waals surface area contributed by atoms with Crippen molar-refractivity contribution in [1.29, 1.82) is 5.26 Å². The summed E-state index contributed by atoms with van der Waals surface area (Å²) < 4.78 is 9.82. The predicted molar refractivity (Wildman–Crippen MR) is 73.1 cm³/mol. The highest BCUT2D eigenvalue weighted by Crippen LogP contribution is 2.26. The number of aryl methyl sites for hydroxylation is 1. The van der Waals surface area contributed by atoms with Gasteiger partial charge in [0.2, 0.25) is 0 Å². The number of benzene rings is 1. The van der Waals surface area contributed by atoms with Crippen molar-refractivity contribution in [2.75, 3.05) is 6.61 Å². The van der Waals surface area contributed by atoms with Gasteiger partial charge in [0.15, 0.2) is 6.61 Å². The molecule has 0 fully saturated rings. The van der Waals surface area contributed by atoms with Crippen LogP contribution in [0.5, 0.6) is 0 Å². The third-order valence-corrected chi connectivity index (χ3v) is 3.53. The largest absolute Gasteiger partial charge is 0.447 e. The number of hydrogen-bond acceptors (Lipinski definition) is 6. The van der Waals surface area contributed by atoms with Gasteiger partial charge in [-0.25, -0.2) is 4.79 Å². The first-order chi connectivity index (χ1) is 9.70. The SMILES string of the molecule is Cc1cc(CSc2ccccc2C(=O)OCC#N)no1. The second-order valence-corrected chi connectivity index (χ2v) is 4.97. The fraction of sp³-hybridized carbons (Fsp3) is 0.214. The summed E-state index contributed by atoms with van der Waals surface area (Å²) in [6, 6.07) is 10.7. The third kappa shape index (κ3) is 3.62. The molecular weight excluding hydrogens is 276 g/mol. The molecule has 1 heterocycles. The maximum atomic E-state index is 11.8. The average molecular weight is 288 g/mol. The maximum absolute atomic E-state index is 11.8. The summed E-state index contributed by atoms with van der Waals surface area (Å²) in [6.07, 6.45) is 0. The quantitative estimate of drug-likeness (QED) is 0.622. The molecule has 0 atom stereocenters. The van der Waals surface area contributed by atoms with Crippen LogP contribution < -0.4 is 0 Å². The van der Waals surface area contributed by atoms with E-state index in [1.807, 2.05) is 25.1 Å². The molecule has 0 aliphatic rings. The molecule has 2 aromatic rings. The second kappa shape index (κ2) is 6.78. The van der Waals surface area contributed by atoms with Crippen LogP contribution >= 0.6 is 11.8 Å². The fourth-order valence-electron chi connectivity index (χ4n) is 1.57. The average Bonchev–Trinajstić information content (AvgIpc) is 2.88. The molecule has 0 amide bonds. The van der Waals surface area contributed by atoms with Crippen LogP contribution in [0.15, 0.2) is 39.8 Å². The van der Waals surface area contributed by atoms with Crippen molar-refractivity contribution in [3.63, 3.8) is 0 Å². The number of hydrogen-bond donors (Lipinski definition) is 0. The van der Waals surface area contributed by atoms with E-state index in [-0.39, 0.29) is 6.61 Å². The van der Waals surface area contributed by atoms with E-state index in [1.165, 1.54) is 11.8 Å². The van der Waals surface area contributed by atoms with Crippen LogP contribution in [0.25, 0.3) is 0 Å². The minimum absolute atomic E-state index is 0.250. The van der Waals surface area contributed by atoms with Crippen LogP contribution in [0.3, 0.4) is 0 Å². The lowest BCUT2D eigenvalue weighted by molar-refractivity contribution is 0.0551. The highest BCUT2D eigenvalue weighted by Gasteiger charge is 2.13. The summed E-state index contributed by atoms with van der Waals surface area (Å²) in [4.78, 5) is 12.6. The van der Waals surface area contributed by atoms with Crippen LogP contribution in [-0.4, -0.2) is 17.7 Å². The molecule has 0 saturated carbocycles. The smallest absolute Gasteiger partial charge is 0.340 e. The van der Waals surface area contributed by atoms with Crippen LogP contribution in [0.1, 0.15) is 21.8 Å². The first kappa shape index (κ1) is 14.2. The molecule has 6 heteroatoms. The lowest BCUT2D eigenvalue weighted by Crippen LogP contribution is -2.06. The molecule has 1 aromatic heterocycles. The molecule has 0 aliphatic carbocycles. The van der Waals surface area contributed by atoms with Gasteiger partial charge in [0, 0.05) is 16.7 Å². The zero-order chi connectivity index (χ0) is 14.4. The van der Waals surface area contributed by atoms with Gasteiger partial charge in [0.1, 0.15) is 11.8 Å². The Morgan fingerprint density at radius 2 is 2.30 bits per heavy atom. The number of nitrogens with zero attached hydrogens (tertiary/aromatic N) is 2. The monoisotopic (exact) mass is 288 g/mol. The Morgan fingerprint density at radius 3 is 3.00 bits per heavy atom. The molecule has 0 unspecified atom stereocenters. The molecule has 0 saturated heterocycles. The second-order valence-electron chi connectivity index (χ2n) is 3.95. The number of aromatic nitrogens is 1. The van der Waals surface area contributed by atoms with Crippen LogP contribution in [0.2, 0.25) is 0 Å². The first-order valence-electron chi connectivity index (χ1n) is 5.89. The van der Waals surface area contributed by atoms with Gasteiger partial charge in [0.25, 0.3) is 0 Å². The molecule has 2 rings (SSSR count). The summed E-state index contributed by atoms with van der Waals surface area (Å²) in [5.74, 6) is 0.855. The van der Waals surface area contributed by atoms with Crippen molar-refractivity contribution in [3.05, 3.63) is 47.3 Å². The minimum atomic E-state index is -0.494. The van der Waals surface area contributed by atoms with Crippen molar-refractivity contribution in [2.24, 2.45) is 0 Å². The molecule has 20 heavy (non-hydrogen) atoms. The summed E-state index contributed by atoms with van der Waals surface area (Å²) in [7, 11) is 0. The topological polar surface area (TPSA) is 76.1 Å². The summed E-state index contributed by atoms with van der Waals surface area (Å²) in [6.45, 7) is 1.58. The number of rotatable bonds is 5. The fourth-order valence-corrected chi connectivity index (χ4v) is 2.50. The molecule has 1 aromatic carbocycles. The number of thioether (sulfide) groups is 1. The van der Waals surface area contributed by atoms with Crippen molar-refractivity contribution < 1.29 is 14.1 Å². The van der Waals surface area contributed by atoms with E-state index in [9.17, 15) is 4.79 Å². The minimum Gasteiger partial charge on any atom is -0.447 e. The maximum Gasteiger partial charge on any atom is 0.340 e. The molecule has 0 spiro atoms. The molecule has 102 valence electrons. The Bertz CT molecular complexity index is 646. The van der Waals surface area contributed by atoms with Gasteiger partial charge < -0.3 is 9.26 Å². The first-order valence-corrected chi connectivity index (χ1v) is 6.87. The number of nitriles is 1. The zero-order valence-corrected chi connectivity index (χ0v) is 11.6. The van der Waals surface area contributed by atoms with E-state index >= 15 is 0 Å². The number of carbonyl (C=O) groups excluding carboxylic acids is 1. The summed E-state index contributed by atoms with van der Waals surface area (Å²) in [5.41, 5.74) is 1.26. The number of carbonyl (C=O) groups is 1. The normalized spacial score (nSPS) is 10.0. The summed E-state index contributed by atoms with van der Waals surface area (Å²) >= 11 is 1.47. The Kier molecular flexibility index (Phi) is 4.80. The highest BCUT2D eigenvalue weighted by molar-refractivity contribution is 7.98. The summed E-state index contributed by atoms with van der Waals surface area (Å²) in [5, 5.41) is 12.3. The van der Waals surface area contributed by atoms with Gasteiger partial charge in [0.05, 0.1) is 11.3 Å². The third-order valence-electron chi connectivity index (χ3n) is 2.43. The number of ether oxygens (including phenoxy) is 1. The Labute approximate surface area is 120 Å². The van der Waals surface area contributed by atoms with Gasteiger partial charge in [-0.05, 0) is 19.1 Å². The standard InChI is InChI=1S/C14H12N2O3S/c1-10-8-11(16-19-10)9-20-13-5-3-2-4-12(13)14(17)18-7-6-15/h2-5,8H,7,9H2,1H3. The molecule has 0 aliphatic heterocycles. The molecular formula is C14H12N2O3S. The molecule has 0 N–H and O–H groups in total. The van der Waals surface area contributed by atoms with Gasteiger partial charge in [-0.3, -0.25) is 0 Å². The zero-order valence-electron chi connectivity index (χ0n) is 10.8. The van der Waals surface area contributed by atoms with Crippen molar-refractivity contribution in [1.82, 2.24) is 5.16 Å². The lowest BCUT2D eigenvalue weighted by atomic mass is 10.2. The highest BCUT2D eigenvalue weighted by atomic mass is 32.2. The van der Waals surface area contributed by atoms with E-state index in [0.717, 1.165) is 16.3 Å². The molecule has 0 bridgehead atoms. The van der Waals surface area contributed by atoms with Gasteiger partial charge in [-0.2, -0.15) is 5.26 Å².